The smallest absolute Gasteiger partial charge is 0.242 e. The van der Waals surface area contributed by atoms with Gasteiger partial charge in [0.2, 0.25) is 5.91 Å². The van der Waals surface area contributed by atoms with E-state index in [-0.39, 0.29) is 18.0 Å². The summed E-state index contributed by atoms with van der Waals surface area (Å²) in [7, 11) is 0. The first kappa shape index (κ1) is 18.5. The molecule has 126 valence electrons. The summed E-state index contributed by atoms with van der Waals surface area (Å²) in [5, 5.41) is 9.32. The van der Waals surface area contributed by atoms with Crippen LogP contribution in [0, 0.1) is 0 Å². The van der Waals surface area contributed by atoms with Crippen LogP contribution in [-0.4, -0.2) is 50.3 Å². The first-order valence-corrected chi connectivity index (χ1v) is 7.99. The number of guanidine groups is 1. The lowest BCUT2D eigenvalue weighted by molar-refractivity contribution is -0.121. The summed E-state index contributed by atoms with van der Waals surface area (Å²) >= 11 is 0. The van der Waals surface area contributed by atoms with E-state index < -0.39 is 0 Å². The maximum Gasteiger partial charge on any atom is 0.242 e. The van der Waals surface area contributed by atoms with Gasteiger partial charge in [0.1, 0.15) is 6.54 Å². The Morgan fingerprint density at radius 3 is 2.73 bits per heavy atom. The third-order valence-electron chi connectivity index (χ3n) is 3.04. The maximum absolute atomic E-state index is 11.8. The van der Waals surface area contributed by atoms with Crippen LogP contribution in [0.15, 0.2) is 16.6 Å². The van der Waals surface area contributed by atoms with Crippen LogP contribution in [0.25, 0.3) is 0 Å². The van der Waals surface area contributed by atoms with Gasteiger partial charge in [0.05, 0.1) is 13.2 Å². The van der Waals surface area contributed by atoms with Gasteiger partial charge in [0.25, 0.3) is 0 Å². The molecule has 0 saturated heterocycles. The molecule has 0 spiro atoms. The summed E-state index contributed by atoms with van der Waals surface area (Å²) in [4.78, 5) is 16.1. The third kappa shape index (κ3) is 8.67. The van der Waals surface area contributed by atoms with Gasteiger partial charge in [0.15, 0.2) is 5.96 Å². The molecule has 0 aromatic carbocycles. The Hall–Kier alpha value is -1.56. The number of carbonyl (C=O) groups is 1. The fourth-order valence-electron chi connectivity index (χ4n) is 2.08. The third-order valence-corrected chi connectivity index (χ3v) is 3.04. The van der Waals surface area contributed by atoms with Gasteiger partial charge in [-0.1, -0.05) is 11.6 Å². The quantitative estimate of drug-likeness (QED) is 0.391. The van der Waals surface area contributed by atoms with Crippen molar-refractivity contribution in [2.75, 3.05) is 32.8 Å². The zero-order valence-electron chi connectivity index (χ0n) is 14.3. The van der Waals surface area contributed by atoms with E-state index in [1.807, 2.05) is 27.7 Å². The summed E-state index contributed by atoms with van der Waals surface area (Å²) in [6.45, 7) is 11.1. The van der Waals surface area contributed by atoms with Crippen molar-refractivity contribution >= 4 is 11.9 Å². The molecule has 3 N–H and O–H groups in total. The first-order chi connectivity index (χ1) is 10.4. The minimum absolute atomic E-state index is 0.0724. The van der Waals surface area contributed by atoms with Gasteiger partial charge in [-0.3, -0.25) is 4.79 Å². The van der Waals surface area contributed by atoms with Crippen molar-refractivity contribution in [3.63, 3.8) is 0 Å². The van der Waals surface area contributed by atoms with Crippen LogP contribution in [0.4, 0.5) is 0 Å². The molecule has 22 heavy (non-hydrogen) atoms. The summed E-state index contributed by atoms with van der Waals surface area (Å²) in [5.74, 6) is 0.607. The lowest BCUT2D eigenvalue weighted by atomic mass is 10.1. The van der Waals surface area contributed by atoms with E-state index in [2.05, 4.69) is 27.0 Å². The second-order valence-corrected chi connectivity index (χ2v) is 6.36. The fraction of sp³-hybridized carbons (Fsp3) is 0.750. The molecule has 6 heteroatoms. The topological polar surface area (TPSA) is 74.8 Å². The Morgan fingerprint density at radius 2 is 2.14 bits per heavy atom. The van der Waals surface area contributed by atoms with Crippen LogP contribution in [0.5, 0.6) is 0 Å². The van der Waals surface area contributed by atoms with Gasteiger partial charge in [0, 0.05) is 18.6 Å². The molecular weight excluding hydrogens is 280 g/mol. The molecule has 6 nitrogen and oxygen atoms in total. The van der Waals surface area contributed by atoms with Crippen molar-refractivity contribution in [3.05, 3.63) is 11.6 Å². The van der Waals surface area contributed by atoms with E-state index in [9.17, 15) is 4.79 Å². The molecule has 0 unspecified atom stereocenters. The van der Waals surface area contributed by atoms with Gasteiger partial charge < -0.3 is 20.7 Å². The maximum atomic E-state index is 11.8. The van der Waals surface area contributed by atoms with E-state index in [1.165, 1.54) is 5.57 Å². The van der Waals surface area contributed by atoms with Crippen LogP contribution in [-0.2, 0) is 9.53 Å². The summed E-state index contributed by atoms with van der Waals surface area (Å²) < 4.78 is 5.29. The van der Waals surface area contributed by atoms with Crippen LogP contribution in [0.1, 0.15) is 40.5 Å². The van der Waals surface area contributed by atoms with Crippen molar-refractivity contribution in [3.8, 4) is 0 Å². The molecule has 1 aliphatic heterocycles. The number of amides is 1. The van der Waals surface area contributed by atoms with Crippen molar-refractivity contribution < 1.29 is 9.53 Å². The van der Waals surface area contributed by atoms with Crippen LogP contribution < -0.4 is 16.0 Å². The second-order valence-electron chi connectivity index (χ2n) is 6.36. The van der Waals surface area contributed by atoms with E-state index in [1.54, 1.807) is 0 Å². The number of rotatable bonds is 6. The predicted molar refractivity (Wildman–Crippen MR) is 90.0 cm³/mol. The Kier molecular flexibility index (Phi) is 7.95. The van der Waals surface area contributed by atoms with E-state index in [0.29, 0.717) is 5.96 Å². The molecule has 0 bridgehead atoms. The lowest BCUT2D eigenvalue weighted by Gasteiger charge is -2.20. The van der Waals surface area contributed by atoms with Crippen LogP contribution >= 0.6 is 0 Å². The van der Waals surface area contributed by atoms with Gasteiger partial charge in [-0.05, 0) is 40.5 Å². The van der Waals surface area contributed by atoms with Crippen molar-refractivity contribution in [1.82, 2.24) is 16.0 Å². The number of ether oxygens (including phenoxy) is 1. The molecule has 0 radical (unpaired) electrons. The number of aliphatic imine (C=N–C) groups is 1. The van der Waals surface area contributed by atoms with Crippen molar-refractivity contribution in [2.45, 2.75) is 46.1 Å². The second kappa shape index (κ2) is 9.46. The standard InChI is InChI=1S/C16H30N4O2/c1-5-17-15(19-12-14(21)20-16(2,3)4)18-9-6-13-7-10-22-11-8-13/h7H,5-6,8-12H2,1-4H3,(H,20,21)(H2,17,18,19). The molecule has 0 fully saturated rings. The number of carbonyl (C=O) groups excluding carboxylic acids is 1. The molecule has 0 atom stereocenters. The number of nitrogens with zero attached hydrogens (tertiary/aromatic N) is 1. The zero-order valence-corrected chi connectivity index (χ0v) is 14.3. The molecule has 1 aliphatic rings. The molecule has 1 heterocycles. The normalized spacial score (nSPS) is 16.0. The van der Waals surface area contributed by atoms with Crippen LogP contribution in [0.3, 0.4) is 0 Å². The summed E-state index contributed by atoms with van der Waals surface area (Å²) in [6, 6.07) is 0. The van der Waals surface area contributed by atoms with Crippen molar-refractivity contribution in [1.29, 1.82) is 0 Å². The SMILES string of the molecule is CCNC(=NCC(=O)NC(C)(C)C)NCCC1=CCOCC1. The average molecular weight is 310 g/mol. The van der Waals surface area contributed by atoms with Crippen LogP contribution in [0.2, 0.25) is 0 Å². The monoisotopic (exact) mass is 310 g/mol. The summed E-state index contributed by atoms with van der Waals surface area (Å²) in [5.41, 5.74) is 1.19. The van der Waals surface area contributed by atoms with Crippen molar-refractivity contribution in [2.24, 2.45) is 4.99 Å². The van der Waals surface area contributed by atoms with Gasteiger partial charge in [-0.15, -0.1) is 0 Å². The highest BCUT2D eigenvalue weighted by atomic mass is 16.5. The largest absolute Gasteiger partial charge is 0.377 e. The number of hydrogen-bond acceptors (Lipinski definition) is 3. The molecule has 0 aromatic heterocycles. The predicted octanol–water partition coefficient (Wildman–Crippen LogP) is 1.19. The molecule has 1 amide bonds. The Balaban J connectivity index is 2.38. The van der Waals surface area contributed by atoms with E-state index in [4.69, 9.17) is 4.74 Å². The van der Waals surface area contributed by atoms with E-state index >= 15 is 0 Å². The Morgan fingerprint density at radius 1 is 1.36 bits per heavy atom. The minimum atomic E-state index is -0.228. The highest BCUT2D eigenvalue weighted by Crippen LogP contribution is 2.10. The molecule has 0 aromatic rings. The Bertz CT molecular complexity index is 411. The first-order valence-electron chi connectivity index (χ1n) is 7.99. The highest BCUT2D eigenvalue weighted by molar-refractivity contribution is 5.85. The Labute approximate surface area is 133 Å². The molecular formula is C16H30N4O2. The lowest BCUT2D eigenvalue weighted by Crippen LogP contribution is -2.43. The van der Waals surface area contributed by atoms with Gasteiger partial charge >= 0.3 is 0 Å². The van der Waals surface area contributed by atoms with Gasteiger partial charge in [-0.2, -0.15) is 0 Å². The molecule has 0 saturated carbocycles. The minimum Gasteiger partial charge on any atom is -0.377 e. The summed E-state index contributed by atoms with van der Waals surface area (Å²) in [6.07, 6.45) is 4.12. The number of hydrogen-bond donors (Lipinski definition) is 3. The highest BCUT2D eigenvalue weighted by Gasteiger charge is 2.13. The fourth-order valence-corrected chi connectivity index (χ4v) is 2.08. The molecule has 0 aliphatic carbocycles. The number of nitrogens with one attached hydrogen (secondary N) is 3. The van der Waals surface area contributed by atoms with Gasteiger partial charge in [-0.25, -0.2) is 4.99 Å². The zero-order chi connectivity index (χ0) is 16.4. The average Bonchev–Trinajstić information content (AvgIpc) is 2.44. The molecule has 1 rings (SSSR count). The van der Waals surface area contributed by atoms with E-state index in [0.717, 1.165) is 39.1 Å².